The number of aryl methyl sites for hydroxylation is 3. The Labute approximate surface area is 161 Å². The van der Waals surface area contributed by atoms with Gasteiger partial charge in [-0.05, 0) is 49.6 Å². The highest BCUT2D eigenvalue weighted by Crippen LogP contribution is 2.25. The lowest BCUT2D eigenvalue weighted by Crippen LogP contribution is -2.46. The number of nitrogens with zero attached hydrogens (tertiary/aromatic N) is 2. The quantitative estimate of drug-likeness (QED) is 0.663. The summed E-state index contributed by atoms with van der Waals surface area (Å²) in [6.07, 6.45) is 3.04. The van der Waals surface area contributed by atoms with Crippen LogP contribution >= 0.6 is 0 Å². The molecule has 2 aromatic rings. The molecule has 1 aromatic heterocycles. The zero-order valence-corrected chi connectivity index (χ0v) is 17.0. The van der Waals surface area contributed by atoms with E-state index >= 15 is 0 Å². The van der Waals surface area contributed by atoms with Crippen LogP contribution in [0.25, 0.3) is 0 Å². The third kappa shape index (κ3) is 5.58. The fourth-order valence-electron chi connectivity index (χ4n) is 2.61. The minimum atomic E-state index is -3.80. The van der Waals surface area contributed by atoms with Crippen molar-refractivity contribution < 1.29 is 17.6 Å². The van der Waals surface area contributed by atoms with Crippen LogP contribution in [-0.2, 0) is 21.4 Å². The molecule has 0 aliphatic rings. The van der Waals surface area contributed by atoms with Crippen molar-refractivity contribution >= 4 is 21.8 Å². The van der Waals surface area contributed by atoms with E-state index in [1.807, 2.05) is 38.1 Å². The standard InChI is InChI=1S/C19H27N3O4S/c1-15-9-10-16(2)18(13-15)22(27(24,25)21(3)4)14-19(23)20-11-5-7-17-8-6-12-26-17/h6,8-10,12-13H,5,7,11,14H2,1-4H3,(H,20,23). The maximum absolute atomic E-state index is 12.8. The van der Waals surface area contributed by atoms with E-state index in [4.69, 9.17) is 4.42 Å². The van der Waals surface area contributed by atoms with Crippen molar-refractivity contribution in [3.05, 3.63) is 53.5 Å². The molecule has 0 bridgehead atoms. The molecule has 1 N–H and O–H groups in total. The Morgan fingerprint density at radius 3 is 2.56 bits per heavy atom. The van der Waals surface area contributed by atoms with Gasteiger partial charge in [0.15, 0.2) is 0 Å². The summed E-state index contributed by atoms with van der Waals surface area (Å²) in [5, 5.41) is 2.79. The molecule has 0 radical (unpaired) electrons. The number of nitrogens with one attached hydrogen (secondary N) is 1. The molecule has 0 saturated heterocycles. The van der Waals surface area contributed by atoms with E-state index < -0.39 is 10.2 Å². The number of benzene rings is 1. The van der Waals surface area contributed by atoms with Crippen LogP contribution < -0.4 is 9.62 Å². The van der Waals surface area contributed by atoms with Gasteiger partial charge in [-0.1, -0.05) is 12.1 Å². The lowest BCUT2D eigenvalue weighted by molar-refractivity contribution is -0.119. The first kappa shape index (κ1) is 21.0. The van der Waals surface area contributed by atoms with Gasteiger partial charge < -0.3 is 9.73 Å². The highest BCUT2D eigenvalue weighted by Gasteiger charge is 2.28. The van der Waals surface area contributed by atoms with E-state index in [0.29, 0.717) is 25.1 Å². The molecule has 0 atom stereocenters. The number of furan rings is 1. The van der Waals surface area contributed by atoms with Crippen molar-refractivity contribution in [1.29, 1.82) is 0 Å². The molecule has 0 spiro atoms. The van der Waals surface area contributed by atoms with Crippen LogP contribution in [0.3, 0.4) is 0 Å². The van der Waals surface area contributed by atoms with Crippen molar-refractivity contribution in [1.82, 2.24) is 9.62 Å². The van der Waals surface area contributed by atoms with Gasteiger partial charge in [0.05, 0.1) is 12.0 Å². The number of hydrogen-bond acceptors (Lipinski definition) is 4. The summed E-state index contributed by atoms with van der Waals surface area (Å²) in [5.41, 5.74) is 2.22. The van der Waals surface area contributed by atoms with Crippen molar-refractivity contribution in [2.24, 2.45) is 0 Å². The van der Waals surface area contributed by atoms with Gasteiger partial charge in [-0.3, -0.25) is 4.79 Å². The van der Waals surface area contributed by atoms with Gasteiger partial charge in [0.25, 0.3) is 0 Å². The molecule has 1 heterocycles. The molecular weight excluding hydrogens is 366 g/mol. The van der Waals surface area contributed by atoms with Crippen LogP contribution in [0, 0.1) is 13.8 Å². The number of rotatable bonds is 9. The van der Waals surface area contributed by atoms with Crippen molar-refractivity contribution in [2.45, 2.75) is 26.7 Å². The van der Waals surface area contributed by atoms with Crippen molar-refractivity contribution in [3.63, 3.8) is 0 Å². The Hall–Kier alpha value is -2.32. The zero-order valence-electron chi connectivity index (χ0n) is 16.2. The number of anilines is 1. The second kappa shape index (κ2) is 9.05. The second-order valence-corrected chi connectivity index (χ2v) is 8.69. The normalized spacial score (nSPS) is 11.6. The maximum Gasteiger partial charge on any atom is 0.304 e. The van der Waals surface area contributed by atoms with Gasteiger partial charge >= 0.3 is 10.2 Å². The van der Waals surface area contributed by atoms with Gasteiger partial charge in [-0.15, -0.1) is 0 Å². The zero-order chi connectivity index (χ0) is 20.0. The van der Waals surface area contributed by atoms with Crippen LogP contribution in [0.15, 0.2) is 41.0 Å². The molecule has 7 nitrogen and oxygen atoms in total. The lowest BCUT2D eigenvalue weighted by atomic mass is 10.1. The molecule has 27 heavy (non-hydrogen) atoms. The minimum absolute atomic E-state index is 0.272. The fraction of sp³-hybridized carbons (Fsp3) is 0.421. The third-order valence-corrected chi connectivity index (χ3v) is 5.97. The lowest BCUT2D eigenvalue weighted by Gasteiger charge is -2.28. The molecule has 1 amide bonds. The fourth-order valence-corrected chi connectivity index (χ4v) is 3.73. The predicted octanol–water partition coefficient (Wildman–Crippen LogP) is 2.26. The molecule has 2 rings (SSSR count). The van der Waals surface area contributed by atoms with Crippen LogP contribution in [0.2, 0.25) is 0 Å². The Morgan fingerprint density at radius 2 is 1.93 bits per heavy atom. The summed E-state index contributed by atoms with van der Waals surface area (Å²) in [6.45, 7) is 3.89. The average molecular weight is 394 g/mol. The molecule has 0 aliphatic carbocycles. The van der Waals surface area contributed by atoms with Crippen LogP contribution in [0.5, 0.6) is 0 Å². The predicted molar refractivity (Wildman–Crippen MR) is 106 cm³/mol. The summed E-state index contributed by atoms with van der Waals surface area (Å²) in [6, 6.07) is 9.24. The Bertz CT molecular complexity index is 861. The molecular formula is C19H27N3O4S. The van der Waals surface area contributed by atoms with Gasteiger partial charge in [-0.2, -0.15) is 12.7 Å². The number of carbonyl (C=O) groups excluding carboxylic acids is 1. The minimum Gasteiger partial charge on any atom is -0.469 e. The van der Waals surface area contributed by atoms with Crippen molar-refractivity contribution in [3.8, 4) is 0 Å². The van der Waals surface area contributed by atoms with Crippen LogP contribution in [0.4, 0.5) is 5.69 Å². The molecule has 148 valence electrons. The Balaban J connectivity index is 2.07. The first-order valence-electron chi connectivity index (χ1n) is 8.78. The summed E-state index contributed by atoms with van der Waals surface area (Å²) < 4.78 is 33.1. The highest BCUT2D eigenvalue weighted by atomic mass is 32.2. The summed E-state index contributed by atoms with van der Waals surface area (Å²) in [7, 11) is -0.895. The van der Waals surface area contributed by atoms with Gasteiger partial charge in [0.2, 0.25) is 5.91 Å². The van der Waals surface area contributed by atoms with Gasteiger partial charge in [-0.25, -0.2) is 4.31 Å². The van der Waals surface area contributed by atoms with E-state index in [9.17, 15) is 13.2 Å². The largest absolute Gasteiger partial charge is 0.469 e. The monoisotopic (exact) mass is 393 g/mol. The van der Waals surface area contributed by atoms with E-state index in [1.165, 1.54) is 14.1 Å². The van der Waals surface area contributed by atoms with E-state index in [2.05, 4.69) is 5.32 Å². The second-order valence-electron chi connectivity index (χ2n) is 6.62. The Morgan fingerprint density at radius 1 is 1.19 bits per heavy atom. The summed E-state index contributed by atoms with van der Waals surface area (Å²) in [5.74, 6) is 0.511. The first-order valence-corrected chi connectivity index (χ1v) is 10.2. The van der Waals surface area contributed by atoms with Crippen LogP contribution in [-0.4, -0.2) is 45.8 Å². The topological polar surface area (TPSA) is 82.9 Å². The third-order valence-electron chi connectivity index (χ3n) is 4.16. The Kier molecular flexibility index (Phi) is 7.04. The molecule has 0 aliphatic heterocycles. The van der Waals surface area contributed by atoms with E-state index in [1.54, 1.807) is 12.3 Å². The summed E-state index contributed by atoms with van der Waals surface area (Å²) >= 11 is 0. The van der Waals surface area contributed by atoms with E-state index in [0.717, 1.165) is 25.5 Å². The molecule has 0 saturated carbocycles. The smallest absolute Gasteiger partial charge is 0.304 e. The number of amides is 1. The first-order chi connectivity index (χ1) is 12.7. The molecule has 8 heteroatoms. The van der Waals surface area contributed by atoms with Crippen molar-refractivity contribution in [2.75, 3.05) is 31.5 Å². The SMILES string of the molecule is Cc1ccc(C)c(N(CC(=O)NCCCc2ccco2)S(=O)(=O)N(C)C)c1. The van der Waals surface area contributed by atoms with E-state index in [-0.39, 0.29) is 12.5 Å². The average Bonchev–Trinajstić information content (AvgIpc) is 3.12. The summed E-state index contributed by atoms with van der Waals surface area (Å²) in [4.78, 5) is 12.4. The molecule has 0 unspecified atom stereocenters. The van der Waals surface area contributed by atoms with Gasteiger partial charge in [0, 0.05) is 27.1 Å². The molecule has 0 fully saturated rings. The van der Waals surface area contributed by atoms with Crippen LogP contribution in [0.1, 0.15) is 23.3 Å². The van der Waals surface area contributed by atoms with Gasteiger partial charge in [0.1, 0.15) is 12.3 Å². The highest BCUT2D eigenvalue weighted by molar-refractivity contribution is 7.90. The number of hydrogen-bond donors (Lipinski definition) is 1. The molecule has 1 aromatic carbocycles. The maximum atomic E-state index is 12.8. The number of carbonyl (C=O) groups is 1.